The summed E-state index contributed by atoms with van der Waals surface area (Å²) in [6.45, 7) is 1.27. The van der Waals surface area contributed by atoms with Crippen LogP contribution in [0.1, 0.15) is 12.8 Å². The molecule has 1 aliphatic heterocycles. The maximum absolute atomic E-state index is 10.7. The summed E-state index contributed by atoms with van der Waals surface area (Å²) < 4.78 is 0. The van der Waals surface area contributed by atoms with E-state index in [9.17, 15) is 4.79 Å². The van der Waals surface area contributed by atoms with Gasteiger partial charge in [-0.3, -0.25) is 4.79 Å². The molecule has 0 radical (unpaired) electrons. The molecule has 0 saturated carbocycles. The first-order valence-electron chi connectivity index (χ1n) is 3.68. The van der Waals surface area contributed by atoms with Crippen LogP contribution in [0.5, 0.6) is 0 Å². The topological polar surface area (TPSA) is 70.1 Å². The van der Waals surface area contributed by atoms with Gasteiger partial charge in [-0.15, -0.1) is 0 Å². The fourth-order valence-corrected chi connectivity index (χ4v) is 1.30. The van der Waals surface area contributed by atoms with Gasteiger partial charge in [0.15, 0.2) is 6.19 Å². The first-order chi connectivity index (χ1) is 5.24. The highest BCUT2D eigenvalue weighted by Gasteiger charge is 2.22. The molecule has 4 nitrogen and oxygen atoms in total. The lowest BCUT2D eigenvalue weighted by molar-refractivity contribution is -0.123. The van der Waals surface area contributed by atoms with Gasteiger partial charge in [-0.25, -0.2) is 0 Å². The smallest absolute Gasteiger partial charge is 0.222 e. The maximum atomic E-state index is 10.7. The molecule has 0 aromatic carbocycles. The van der Waals surface area contributed by atoms with Crippen molar-refractivity contribution in [3.05, 3.63) is 0 Å². The van der Waals surface area contributed by atoms with Crippen LogP contribution < -0.4 is 5.73 Å². The second kappa shape index (κ2) is 3.24. The number of hydrogen-bond acceptors (Lipinski definition) is 3. The molecule has 0 spiro atoms. The number of hydrogen-bond donors (Lipinski definition) is 1. The highest BCUT2D eigenvalue weighted by atomic mass is 16.1. The minimum atomic E-state index is -0.287. The van der Waals surface area contributed by atoms with Crippen molar-refractivity contribution >= 4 is 5.91 Å². The van der Waals surface area contributed by atoms with E-state index in [1.54, 1.807) is 4.90 Å². The number of piperidine rings is 1. The van der Waals surface area contributed by atoms with Gasteiger partial charge in [-0.05, 0) is 12.8 Å². The number of nitriles is 1. The van der Waals surface area contributed by atoms with E-state index in [-0.39, 0.29) is 11.8 Å². The Hall–Kier alpha value is -1.24. The number of primary amides is 1. The van der Waals surface area contributed by atoms with Crippen molar-refractivity contribution in [2.75, 3.05) is 13.1 Å². The Morgan fingerprint density at radius 3 is 3.00 bits per heavy atom. The molecule has 11 heavy (non-hydrogen) atoms. The van der Waals surface area contributed by atoms with Crippen LogP contribution in [0.4, 0.5) is 0 Å². The van der Waals surface area contributed by atoms with E-state index in [4.69, 9.17) is 11.0 Å². The SMILES string of the molecule is N#CN1CCCC(C(N)=O)C1. The van der Waals surface area contributed by atoms with Crippen molar-refractivity contribution in [3.63, 3.8) is 0 Å². The number of rotatable bonds is 1. The van der Waals surface area contributed by atoms with Gasteiger partial charge in [-0.1, -0.05) is 0 Å². The van der Waals surface area contributed by atoms with Gasteiger partial charge >= 0.3 is 0 Å². The van der Waals surface area contributed by atoms with Crippen LogP contribution in [0.2, 0.25) is 0 Å². The summed E-state index contributed by atoms with van der Waals surface area (Å²) in [4.78, 5) is 12.3. The molecule has 0 aromatic heterocycles. The Morgan fingerprint density at radius 2 is 2.45 bits per heavy atom. The van der Waals surface area contributed by atoms with Gasteiger partial charge in [0.05, 0.1) is 5.92 Å². The Balaban J connectivity index is 2.47. The third kappa shape index (κ3) is 1.84. The third-order valence-electron chi connectivity index (χ3n) is 1.97. The van der Waals surface area contributed by atoms with E-state index >= 15 is 0 Å². The van der Waals surface area contributed by atoms with E-state index in [2.05, 4.69) is 0 Å². The number of nitrogens with two attached hydrogens (primary N) is 1. The predicted octanol–water partition coefficient (Wildman–Crippen LogP) is -0.335. The maximum Gasteiger partial charge on any atom is 0.222 e. The van der Waals surface area contributed by atoms with Gasteiger partial charge in [0, 0.05) is 13.1 Å². The minimum Gasteiger partial charge on any atom is -0.369 e. The van der Waals surface area contributed by atoms with E-state index < -0.39 is 0 Å². The number of amides is 1. The van der Waals surface area contributed by atoms with Gasteiger partial charge in [0.1, 0.15) is 0 Å². The standard InChI is InChI=1S/C7H11N3O/c8-5-10-3-1-2-6(4-10)7(9)11/h6H,1-4H2,(H2,9,11). The molecule has 60 valence electrons. The van der Waals surface area contributed by atoms with Crippen LogP contribution >= 0.6 is 0 Å². The van der Waals surface area contributed by atoms with Crippen LogP contribution in [0.3, 0.4) is 0 Å². The van der Waals surface area contributed by atoms with Crippen molar-refractivity contribution < 1.29 is 4.79 Å². The first kappa shape index (κ1) is 7.86. The lowest BCUT2D eigenvalue weighted by atomic mass is 9.98. The van der Waals surface area contributed by atoms with Crippen molar-refractivity contribution in [1.82, 2.24) is 4.90 Å². The van der Waals surface area contributed by atoms with E-state index in [0.29, 0.717) is 6.54 Å². The van der Waals surface area contributed by atoms with E-state index in [1.807, 2.05) is 6.19 Å². The second-order valence-electron chi connectivity index (χ2n) is 2.79. The summed E-state index contributed by atoms with van der Waals surface area (Å²) in [7, 11) is 0. The van der Waals surface area contributed by atoms with Gasteiger partial charge in [-0.2, -0.15) is 5.26 Å². The van der Waals surface area contributed by atoms with Gasteiger partial charge in [0.25, 0.3) is 0 Å². The van der Waals surface area contributed by atoms with Crippen molar-refractivity contribution in [1.29, 1.82) is 5.26 Å². The molecule has 2 N–H and O–H groups in total. The Labute approximate surface area is 65.6 Å². The van der Waals surface area contributed by atoms with Crippen molar-refractivity contribution in [2.45, 2.75) is 12.8 Å². The summed E-state index contributed by atoms with van der Waals surface area (Å²) in [5.74, 6) is -0.409. The highest BCUT2D eigenvalue weighted by molar-refractivity contribution is 5.76. The molecule has 1 unspecified atom stereocenters. The molecule has 1 amide bonds. The number of carbonyl (C=O) groups excluding carboxylic acids is 1. The average Bonchev–Trinajstić information content (AvgIpc) is 2.05. The molecule has 1 aliphatic rings. The zero-order valence-electron chi connectivity index (χ0n) is 6.29. The number of carbonyl (C=O) groups is 1. The molecule has 1 heterocycles. The molecule has 1 fully saturated rings. The molecule has 1 rings (SSSR count). The Bertz CT molecular complexity index is 196. The van der Waals surface area contributed by atoms with Crippen molar-refractivity contribution in [2.24, 2.45) is 11.7 Å². The monoisotopic (exact) mass is 153 g/mol. The summed E-state index contributed by atoms with van der Waals surface area (Å²) in [5.41, 5.74) is 5.11. The molecule has 0 aromatic rings. The van der Waals surface area contributed by atoms with Gasteiger partial charge < -0.3 is 10.6 Å². The number of likely N-dealkylation sites (tertiary alicyclic amines) is 1. The largest absolute Gasteiger partial charge is 0.369 e. The summed E-state index contributed by atoms with van der Waals surface area (Å²) in [5, 5.41) is 8.51. The van der Waals surface area contributed by atoms with Crippen LogP contribution in [-0.4, -0.2) is 23.9 Å². The van der Waals surface area contributed by atoms with E-state index in [1.165, 1.54) is 0 Å². The summed E-state index contributed by atoms with van der Waals surface area (Å²) >= 11 is 0. The quantitative estimate of drug-likeness (QED) is 0.524. The normalized spacial score (nSPS) is 24.3. The zero-order chi connectivity index (χ0) is 8.27. The molecular weight excluding hydrogens is 142 g/mol. The van der Waals surface area contributed by atoms with Crippen LogP contribution in [0, 0.1) is 17.4 Å². The second-order valence-corrected chi connectivity index (χ2v) is 2.79. The average molecular weight is 153 g/mol. The molecule has 4 heteroatoms. The predicted molar refractivity (Wildman–Crippen MR) is 39.1 cm³/mol. The van der Waals surface area contributed by atoms with Crippen LogP contribution in [0.15, 0.2) is 0 Å². The lowest BCUT2D eigenvalue weighted by Crippen LogP contribution is -2.38. The summed E-state index contributed by atoms with van der Waals surface area (Å²) in [6.07, 6.45) is 3.73. The molecule has 0 aliphatic carbocycles. The fraction of sp³-hybridized carbons (Fsp3) is 0.714. The third-order valence-corrected chi connectivity index (χ3v) is 1.97. The highest BCUT2D eigenvalue weighted by Crippen LogP contribution is 2.14. The first-order valence-corrected chi connectivity index (χ1v) is 3.68. The van der Waals surface area contributed by atoms with Crippen molar-refractivity contribution in [3.8, 4) is 6.19 Å². The van der Waals surface area contributed by atoms with Crippen LogP contribution in [0.25, 0.3) is 0 Å². The molecule has 0 bridgehead atoms. The van der Waals surface area contributed by atoms with Crippen LogP contribution in [-0.2, 0) is 4.79 Å². The molecule has 1 atom stereocenters. The zero-order valence-corrected chi connectivity index (χ0v) is 6.29. The number of nitrogens with zero attached hydrogens (tertiary/aromatic N) is 2. The lowest BCUT2D eigenvalue weighted by Gasteiger charge is -2.26. The molecule has 1 saturated heterocycles. The summed E-state index contributed by atoms with van der Waals surface area (Å²) in [6, 6.07) is 0. The molecular formula is C7H11N3O. The fourth-order valence-electron chi connectivity index (χ4n) is 1.30. The van der Waals surface area contributed by atoms with E-state index in [0.717, 1.165) is 19.4 Å². The van der Waals surface area contributed by atoms with Gasteiger partial charge in [0.2, 0.25) is 5.91 Å². The minimum absolute atomic E-state index is 0.122. The Morgan fingerprint density at radius 1 is 1.73 bits per heavy atom. The Kier molecular flexibility index (Phi) is 2.32.